The number of fused-ring (bicyclic) bond motifs is 1. The maximum atomic E-state index is 13.2. The topological polar surface area (TPSA) is 69.5 Å². The van der Waals surface area contributed by atoms with Crippen LogP contribution in [0.4, 0.5) is 10.2 Å². The van der Waals surface area contributed by atoms with Gasteiger partial charge in [0.2, 0.25) is 0 Å². The van der Waals surface area contributed by atoms with Gasteiger partial charge in [-0.1, -0.05) is 12.1 Å². The second kappa shape index (κ2) is 6.08. The maximum absolute atomic E-state index is 13.2. The van der Waals surface area contributed by atoms with Crippen LogP contribution in [0.3, 0.4) is 0 Å². The fourth-order valence-electron chi connectivity index (χ4n) is 3.24. The number of nitrogens with zero attached hydrogens (tertiary/aromatic N) is 3. The van der Waals surface area contributed by atoms with Gasteiger partial charge in [0.1, 0.15) is 22.8 Å². The fraction of sp³-hybridized carbons (Fsp3) is 0.294. The van der Waals surface area contributed by atoms with Crippen molar-refractivity contribution in [1.29, 1.82) is 0 Å². The second-order valence-corrected chi connectivity index (χ2v) is 6.77. The summed E-state index contributed by atoms with van der Waals surface area (Å²) in [6, 6.07) is 6.15. The number of benzene rings is 1. The van der Waals surface area contributed by atoms with Crippen LogP contribution < -0.4 is 4.90 Å². The van der Waals surface area contributed by atoms with Crippen LogP contribution in [-0.2, 0) is 0 Å². The smallest absolute Gasteiger partial charge is 0.141 e. The molecule has 2 atom stereocenters. The molecule has 1 aliphatic heterocycles. The van der Waals surface area contributed by atoms with E-state index in [1.165, 1.54) is 29.8 Å². The van der Waals surface area contributed by atoms with Gasteiger partial charge in [0.25, 0.3) is 0 Å². The first kappa shape index (κ1) is 15.4. The highest BCUT2D eigenvalue weighted by atomic mass is 32.1. The highest BCUT2D eigenvalue weighted by molar-refractivity contribution is 7.17. The minimum absolute atomic E-state index is 0.0431. The molecule has 1 fully saturated rings. The molecule has 0 aliphatic carbocycles. The summed E-state index contributed by atoms with van der Waals surface area (Å²) in [6.45, 7) is 0.384. The largest absolute Gasteiger partial charge is 0.394 e. The van der Waals surface area contributed by atoms with E-state index in [1.54, 1.807) is 12.1 Å². The Morgan fingerprint density at radius 1 is 1.25 bits per heavy atom. The first-order chi connectivity index (χ1) is 11.7. The fourth-order valence-corrected chi connectivity index (χ4v) is 4.15. The van der Waals surface area contributed by atoms with Gasteiger partial charge in [-0.05, 0) is 24.1 Å². The predicted molar refractivity (Wildman–Crippen MR) is 91.7 cm³/mol. The Morgan fingerprint density at radius 3 is 2.79 bits per heavy atom. The van der Waals surface area contributed by atoms with Gasteiger partial charge in [-0.15, -0.1) is 11.3 Å². The third-order valence-electron chi connectivity index (χ3n) is 4.38. The molecule has 24 heavy (non-hydrogen) atoms. The summed E-state index contributed by atoms with van der Waals surface area (Å²) in [5.74, 6) is 0.425. The zero-order valence-corrected chi connectivity index (χ0v) is 13.6. The molecular weight excluding hydrogens is 329 g/mol. The average Bonchev–Trinajstić information content (AvgIpc) is 3.18. The Morgan fingerprint density at radius 2 is 2.04 bits per heavy atom. The number of hydrogen-bond donors (Lipinski definition) is 2. The number of halogens is 1. The number of aromatic nitrogens is 2. The summed E-state index contributed by atoms with van der Waals surface area (Å²) in [5, 5.41) is 22.4. The van der Waals surface area contributed by atoms with Gasteiger partial charge < -0.3 is 15.1 Å². The number of β-amino-alcohol motifs (C(OH)–C–C–N with tert-alkyl or cyclic N) is 1. The number of thiophene rings is 1. The van der Waals surface area contributed by atoms with Crippen molar-refractivity contribution in [3.8, 4) is 11.1 Å². The summed E-state index contributed by atoms with van der Waals surface area (Å²) < 4.78 is 13.2. The number of anilines is 1. The molecule has 3 aromatic rings. The molecule has 1 aliphatic rings. The normalized spacial score (nSPS) is 20.9. The van der Waals surface area contributed by atoms with Crippen molar-refractivity contribution in [3.05, 3.63) is 41.8 Å². The molecule has 2 N–H and O–H groups in total. The zero-order valence-electron chi connectivity index (χ0n) is 12.8. The van der Waals surface area contributed by atoms with Gasteiger partial charge >= 0.3 is 0 Å². The molecule has 1 aromatic carbocycles. The standard InChI is InChI=1S/C17H16FN3O2S/c18-11-3-1-10(2-4-11)14-8-24-17-15(14)16(19-9-20-17)21-6-13(23)5-12(21)7-22/h1-4,8-9,12-13,22-23H,5-7H2/t12-,13-/m1/s1. The van der Waals surface area contributed by atoms with E-state index in [-0.39, 0.29) is 18.5 Å². The maximum Gasteiger partial charge on any atom is 0.141 e. The minimum Gasteiger partial charge on any atom is -0.394 e. The molecule has 0 spiro atoms. The molecule has 0 saturated carbocycles. The zero-order chi connectivity index (χ0) is 16.7. The van der Waals surface area contributed by atoms with Crippen LogP contribution >= 0.6 is 11.3 Å². The minimum atomic E-state index is -0.486. The number of rotatable bonds is 3. The van der Waals surface area contributed by atoms with E-state index in [1.807, 2.05) is 10.3 Å². The van der Waals surface area contributed by atoms with E-state index in [2.05, 4.69) is 9.97 Å². The van der Waals surface area contributed by atoms with E-state index in [0.717, 1.165) is 21.3 Å². The highest BCUT2D eigenvalue weighted by Gasteiger charge is 2.33. The van der Waals surface area contributed by atoms with Gasteiger partial charge in [-0.25, -0.2) is 14.4 Å². The van der Waals surface area contributed by atoms with E-state index in [4.69, 9.17) is 0 Å². The molecule has 7 heteroatoms. The van der Waals surface area contributed by atoms with E-state index < -0.39 is 6.10 Å². The Kier molecular flexibility index (Phi) is 3.91. The lowest BCUT2D eigenvalue weighted by molar-refractivity contribution is 0.184. The van der Waals surface area contributed by atoms with E-state index in [9.17, 15) is 14.6 Å². The molecule has 0 radical (unpaired) electrons. The Hall–Kier alpha value is -2.09. The van der Waals surface area contributed by atoms with Crippen LogP contribution in [0.25, 0.3) is 21.3 Å². The van der Waals surface area contributed by atoms with Gasteiger partial charge in [-0.3, -0.25) is 0 Å². The van der Waals surface area contributed by atoms with Crippen molar-refractivity contribution in [3.63, 3.8) is 0 Å². The lowest BCUT2D eigenvalue weighted by atomic mass is 10.1. The average molecular weight is 345 g/mol. The van der Waals surface area contributed by atoms with Crippen LogP contribution in [0.2, 0.25) is 0 Å². The van der Waals surface area contributed by atoms with E-state index in [0.29, 0.717) is 18.8 Å². The Bertz CT molecular complexity index is 868. The molecule has 2 aromatic heterocycles. The van der Waals surface area contributed by atoms with Gasteiger partial charge in [0.15, 0.2) is 0 Å². The quantitative estimate of drug-likeness (QED) is 0.763. The summed E-state index contributed by atoms with van der Waals surface area (Å²) in [6.07, 6.45) is 1.53. The lowest BCUT2D eigenvalue weighted by Gasteiger charge is -2.24. The monoisotopic (exact) mass is 345 g/mol. The van der Waals surface area contributed by atoms with Crippen LogP contribution in [0.1, 0.15) is 6.42 Å². The number of aliphatic hydroxyl groups is 2. The molecule has 0 unspecified atom stereocenters. The van der Waals surface area contributed by atoms with Crippen molar-refractivity contribution < 1.29 is 14.6 Å². The third-order valence-corrected chi connectivity index (χ3v) is 5.27. The Labute approximate surface area is 142 Å². The summed E-state index contributed by atoms with van der Waals surface area (Å²) in [7, 11) is 0. The summed E-state index contributed by atoms with van der Waals surface area (Å²) in [4.78, 5) is 11.5. The molecule has 1 saturated heterocycles. The van der Waals surface area contributed by atoms with Crippen LogP contribution in [-0.4, -0.2) is 45.5 Å². The molecular formula is C17H16FN3O2S. The van der Waals surface area contributed by atoms with Crippen molar-refractivity contribution >= 4 is 27.4 Å². The molecule has 3 heterocycles. The summed E-state index contributed by atoms with van der Waals surface area (Å²) in [5.41, 5.74) is 1.82. The molecule has 0 bridgehead atoms. The van der Waals surface area contributed by atoms with Crippen molar-refractivity contribution in [1.82, 2.24) is 9.97 Å². The first-order valence-electron chi connectivity index (χ1n) is 7.71. The number of aliphatic hydroxyl groups excluding tert-OH is 2. The Balaban J connectivity index is 1.87. The third kappa shape index (κ3) is 2.54. The van der Waals surface area contributed by atoms with Gasteiger partial charge in [0, 0.05) is 17.5 Å². The van der Waals surface area contributed by atoms with Crippen molar-refractivity contribution in [2.24, 2.45) is 0 Å². The van der Waals surface area contributed by atoms with Crippen LogP contribution in [0.15, 0.2) is 36.0 Å². The lowest BCUT2D eigenvalue weighted by Crippen LogP contribution is -2.33. The SMILES string of the molecule is OC[C@H]1C[C@@H](O)CN1c1ncnc2scc(-c3ccc(F)cc3)c12. The first-order valence-corrected chi connectivity index (χ1v) is 8.59. The van der Waals surface area contributed by atoms with E-state index >= 15 is 0 Å². The van der Waals surface area contributed by atoms with Crippen molar-refractivity contribution in [2.75, 3.05) is 18.1 Å². The number of hydrogen-bond acceptors (Lipinski definition) is 6. The molecule has 124 valence electrons. The summed E-state index contributed by atoms with van der Waals surface area (Å²) >= 11 is 1.50. The predicted octanol–water partition coefficient (Wildman–Crippen LogP) is 2.43. The second-order valence-electron chi connectivity index (χ2n) is 5.91. The molecule has 0 amide bonds. The van der Waals surface area contributed by atoms with Gasteiger partial charge in [-0.2, -0.15) is 0 Å². The molecule has 5 nitrogen and oxygen atoms in total. The van der Waals surface area contributed by atoms with Gasteiger partial charge in [0.05, 0.1) is 24.1 Å². The van der Waals surface area contributed by atoms with Crippen molar-refractivity contribution in [2.45, 2.75) is 18.6 Å². The molecule has 4 rings (SSSR count). The highest BCUT2D eigenvalue weighted by Crippen LogP contribution is 2.39. The van der Waals surface area contributed by atoms with Crippen LogP contribution in [0.5, 0.6) is 0 Å². The van der Waals surface area contributed by atoms with Crippen LogP contribution in [0, 0.1) is 5.82 Å².